The number of ether oxygens (including phenoxy) is 1. The van der Waals surface area contributed by atoms with Crippen molar-refractivity contribution in [1.82, 2.24) is 16.2 Å². The van der Waals surface area contributed by atoms with Crippen LogP contribution >= 0.6 is 28.1 Å². The summed E-state index contributed by atoms with van der Waals surface area (Å²) in [5.41, 5.74) is 6.27. The molecule has 36 heavy (non-hydrogen) atoms. The molecule has 0 aliphatic rings. The number of hydrogen-bond donors (Lipinski definition) is 4. The lowest BCUT2D eigenvalue weighted by Gasteiger charge is -2.14. The summed E-state index contributed by atoms with van der Waals surface area (Å²) in [6.07, 6.45) is 6.47. The first-order valence-electron chi connectivity index (χ1n) is 12.1. The molecule has 8 nitrogen and oxygen atoms in total. The van der Waals surface area contributed by atoms with Crippen LogP contribution in [0.3, 0.4) is 0 Å². The number of carbonyl (C=O) groups excluding carboxylic acids is 3. The molecule has 0 radical (unpaired) electrons. The van der Waals surface area contributed by atoms with Crippen LogP contribution in [0.25, 0.3) is 0 Å². The molecule has 194 valence electrons. The molecule has 3 amide bonds. The van der Waals surface area contributed by atoms with E-state index in [2.05, 4.69) is 44.3 Å². The lowest BCUT2D eigenvalue weighted by molar-refractivity contribution is -0.116. The normalized spacial score (nSPS) is 10.3. The number of carbonyl (C=O) groups is 3. The van der Waals surface area contributed by atoms with Gasteiger partial charge in [-0.3, -0.25) is 30.6 Å². The van der Waals surface area contributed by atoms with Crippen LogP contribution in [0.1, 0.15) is 79.5 Å². The maximum atomic E-state index is 12.8. The number of hydrogen-bond acceptors (Lipinski definition) is 5. The number of thiocarbonyl (C=S) groups is 1. The van der Waals surface area contributed by atoms with E-state index in [1.165, 1.54) is 0 Å². The van der Waals surface area contributed by atoms with Crippen LogP contribution in [-0.2, 0) is 4.79 Å². The summed E-state index contributed by atoms with van der Waals surface area (Å²) in [5.74, 6) is -0.517. The van der Waals surface area contributed by atoms with Crippen LogP contribution in [0.5, 0.6) is 5.75 Å². The van der Waals surface area contributed by atoms with Crippen LogP contribution < -0.4 is 26.2 Å². The van der Waals surface area contributed by atoms with E-state index in [1.54, 1.807) is 42.5 Å². The number of anilines is 1. The third-order valence-electron chi connectivity index (χ3n) is 5.15. The van der Waals surface area contributed by atoms with Gasteiger partial charge in [0.1, 0.15) is 5.75 Å². The van der Waals surface area contributed by atoms with Gasteiger partial charge in [-0.2, -0.15) is 0 Å². The van der Waals surface area contributed by atoms with Crippen LogP contribution in [-0.4, -0.2) is 29.4 Å². The fraction of sp³-hybridized carbons (Fsp3) is 0.385. The smallest absolute Gasteiger partial charge is 0.269 e. The third-order valence-corrected chi connectivity index (χ3v) is 5.84. The Hall–Kier alpha value is -2.98. The van der Waals surface area contributed by atoms with Gasteiger partial charge in [0.25, 0.3) is 11.8 Å². The zero-order valence-electron chi connectivity index (χ0n) is 20.6. The van der Waals surface area contributed by atoms with E-state index < -0.39 is 11.8 Å². The van der Waals surface area contributed by atoms with Gasteiger partial charge in [0.05, 0.1) is 12.2 Å². The zero-order valence-corrected chi connectivity index (χ0v) is 23.0. The third kappa shape index (κ3) is 10.3. The summed E-state index contributed by atoms with van der Waals surface area (Å²) in [6, 6.07) is 11.6. The Labute approximate surface area is 226 Å². The second-order valence-electron chi connectivity index (χ2n) is 8.14. The molecular formula is C26H33BrN4O4S. The highest BCUT2D eigenvalue weighted by Crippen LogP contribution is 2.23. The number of unbranched alkanes of at least 4 members (excludes halogenated alkanes) is 4. The predicted octanol–water partition coefficient (Wildman–Crippen LogP) is 5.49. The largest absolute Gasteiger partial charge is 0.493 e. The molecule has 0 heterocycles. The molecule has 4 N–H and O–H groups in total. The maximum Gasteiger partial charge on any atom is 0.269 e. The van der Waals surface area contributed by atoms with Gasteiger partial charge < -0.3 is 10.1 Å². The fourth-order valence-corrected chi connectivity index (χ4v) is 3.67. The number of hydrazine groups is 1. The lowest BCUT2D eigenvalue weighted by atomic mass is 10.2. The quantitative estimate of drug-likeness (QED) is 0.151. The van der Waals surface area contributed by atoms with Crippen LogP contribution in [0.2, 0.25) is 0 Å². The number of amides is 3. The second-order valence-corrected chi connectivity index (χ2v) is 9.46. The molecule has 0 aliphatic carbocycles. The monoisotopic (exact) mass is 576 g/mol. The molecule has 0 unspecified atom stereocenters. The highest BCUT2D eigenvalue weighted by molar-refractivity contribution is 9.10. The van der Waals surface area contributed by atoms with E-state index in [0.29, 0.717) is 35.6 Å². The topological polar surface area (TPSA) is 109 Å². The summed E-state index contributed by atoms with van der Waals surface area (Å²) in [6.45, 7) is 4.68. The van der Waals surface area contributed by atoms with Crippen molar-refractivity contribution in [3.8, 4) is 5.75 Å². The van der Waals surface area contributed by atoms with E-state index in [4.69, 9.17) is 17.0 Å². The Kier molecular flexibility index (Phi) is 12.9. The standard InChI is InChI=1S/C26H33BrN4O4S/c1-3-5-7-8-16-35-22-15-12-19(27)17-21(22)25(34)29-26(36)31-30-24(33)18-10-13-20(14-11-18)28-23(32)9-6-4-2/h10-15,17H,3-9,16H2,1-2H3,(H,28,32)(H,30,33)(H2,29,31,34,36). The number of nitrogens with one attached hydrogen (secondary N) is 4. The van der Waals surface area contributed by atoms with Gasteiger partial charge in [-0.15, -0.1) is 0 Å². The Morgan fingerprint density at radius 3 is 2.31 bits per heavy atom. The van der Waals surface area contributed by atoms with E-state index in [0.717, 1.165) is 43.0 Å². The number of halogens is 1. The SMILES string of the molecule is CCCCCCOc1ccc(Br)cc1C(=O)NC(=S)NNC(=O)c1ccc(NC(=O)CCCC)cc1. The van der Waals surface area contributed by atoms with Crippen molar-refractivity contribution in [3.05, 3.63) is 58.1 Å². The number of rotatable bonds is 12. The molecule has 2 aromatic rings. The van der Waals surface area contributed by atoms with Gasteiger partial charge in [0, 0.05) is 22.1 Å². The first kappa shape index (κ1) is 29.3. The summed E-state index contributed by atoms with van der Waals surface area (Å²) in [5, 5.41) is 5.27. The molecule has 2 rings (SSSR count). The van der Waals surface area contributed by atoms with Crippen LogP contribution in [0.4, 0.5) is 5.69 Å². The summed E-state index contributed by atoms with van der Waals surface area (Å²) < 4.78 is 6.53. The predicted molar refractivity (Wildman–Crippen MR) is 149 cm³/mol. The van der Waals surface area contributed by atoms with Gasteiger partial charge in [-0.05, 0) is 67.5 Å². The molecule has 0 spiro atoms. The van der Waals surface area contributed by atoms with Crippen molar-refractivity contribution in [1.29, 1.82) is 0 Å². The van der Waals surface area contributed by atoms with Gasteiger partial charge in [0.15, 0.2) is 5.11 Å². The van der Waals surface area contributed by atoms with Crippen molar-refractivity contribution in [2.24, 2.45) is 0 Å². The minimum atomic E-state index is -0.463. The Morgan fingerprint density at radius 2 is 1.61 bits per heavy atom. The van der Waals surface area contributed by atoms with Gasteiger partial charge in [-0.1, -0.05) is 55.5 Å². The highest BCUT2D eigenvalue weighted by atomic mass is 79.9. The second kappa shape index (κ2) is 15.9. The maximum absolute atomic E-state index is 12.8. The molecule has 0 aromatic heterocycles. The highest BCUT2D eigenvalue weighted by Gasteiger charge is 2.15. The van der Waals surface area contributed by atoms with Gasteiger partial charge >= 0.3 is 0 Å². The molecule has 0 aliphatic heterocycles. The minimum Gasteiger partial charge on any atom is -0.493 e. The molecule has 0 saturated heterocycles. The van der Waals surface area contributed by atoms with E-state index >= 15 is 0 Å². The molecule has 0 fully saturated rings. The zero-order chi connectivity index (χ0) is 26.3. The molecule has 0 bridgehead atoms. The Morgan fingerprint density at radius 1 is 0.889 bits per heavy atom. The van der Waals surface area contributed by atoms with Crippen LogP contribution in [0.15, 0.2) is 46.9 Å². The molecule has 0 saturated carbocycles. The molecular weight excluding hydrogens is 544 g/mol. The fourth-order valence-electron chi connectivity index (χ4n) is 3.17. The van der Waals surface area contributed by atoms with E-state index in [-0.39, 0.29) is 11.0 Å². The first-order chi connectivity index (χ1) is 17.3. The molecule has 2 aromatic carbocycles. The Bertz CT molecular complexity index is 1050. The average Bonchev–Trinajstić information content (AvgIpc) is 2.87. The summed E-state index contributed by atoms with van der Waals surface area (Å²) in [4.78, 5) is 37.0. The van der Waals surface area contributed by atoms with Crippen molar-refractivity contribution >= 4 is 56.7 Å². The average molecular weight is 578 g/mol. The molecule has 0 atom stereocenters. The van der Waals surface area contributed by atoms with Gasteiger partial charge in [-0.25, -0.2) is 0 Å². The van der Waals surface area contributed by atoms with E-state index in [9.17, 15) is 14.4 Å². The van der Waals surface area contributed by atoms with Gasteiger partial charge in [0.2, 0.25) is 5.91 Å². The van der Waals surface area contributed by atoms with Crippen LogP contribution in [0, 0.1) is 0 Å². The van der Waals surface area contributed by atoms with E-state index in [1.807, 2.05) is 6.92 Å². The number of benzene rings is 2. The van der Waals surface area contributed by atoms with Crippen molar-refractivity contribution in [2.75, 3.05) is 11.9 Å². The Balaban J connectivity index is 1.86. The van der Waals surface area contributed by atoms with Crippen molar-refractivity contribution in [3.63, 3.8) is 0 Å². The van der Waals surface area contributed by atoms with Crippen molar-refractivity contribution < 1.29 is 19.1 Å². The lowest BCUT2D eigenvalue weighted by Crippen LogP contribution is -2.48. The first-order valence-corrected chi connectivity index (χ1v) is 13.3. The summed E-state index contributed by atoms with van der Waals surface area (Å²) in [7, 11) is 0. The van der Waals surface area contributed by atoms with Crippen molar-refractivity contribution in [2.45, 2.75) is 58.8 Å². The summed E-state index contributed by atoms with van der Waals surface area (Å²) >= 11 is 8.53. The molecule has 10 heteroatoms. The minimum absolute atomic E-state index is 0.0627.